The fraction of sp³-hybridized carbons (Fsp3) is 0.667. The number of carbonyl (C=O) groups excluding carboxylic acids is 2. The van der Waals surface area contributed by atoms with E-state index in [1.807, 2.05) is 0 Å². The van der Waals surface area contributed by atoms with Gasteiger partial charge in [-0.15, -0.1) is 0 Å². The summed E-state index contributed by atoms with van der Waals surface area (Å²) in [5.41, 5.74) is 0. The average Bonchev–Trinajstić information content (AvgIpc) is 1.89. The second-order valence-electron chi connectivity index (χ2n) is 1.45. The fourth-order valence-corrected chi connectivity index (χ4v) is 0. The van der Waals surface area contributed by atoms with Gasteiger partial charge in [-0.25, -0.2) is 0 Å². The van der Waals surface area contributed by atoms with Crippen LogP contribution in [0.1, 0.15) is 26.7 Å². The first-order chi connectivity index (χ1) is 4.54. The zero-order valence-corrected chi connectivity index (χ0v) is 12.3. The third-order valence-corrected chi connectivity index (χ3v) is 0.577. The van der Waals surface area contributed by atoms with Crippen molar-refractivity contribution in [2.75, 3.05) is 0 Å². The maximum atomic E-state index is 9.26. The zero-order chi connectivity index (χ0) is 8.57. The predicted octanol–water partition coefficient (Wildman–Crippen LogP) is -2.62. The van der Waals surface area contributed by atoms with E-state index in [4.69, 9.17) is 0 Å². The van der Waals surface area contributed by atoms with Crippen LogP contribution in [0.2, 0.25) is 0 Å². The molecule has 0 fully saturated rings. The Kier molecular flexibility index (Phi) is 19.5. The molecule has 0 aromatic carbocycles. The normalized spacial score (nSPS) is 6.73. The fourth-order valence-electron chi connectivity index (χ4n) is 0. The first-order valence-electron chi connectivity index (χ1n) is 2.94. The second kappa shape index (κ2) is 12.5. The molecule has 0 aromatic heterocycles. The summed E-state index contributed by atoms with van der Waals surface area (Å²) >= 11 is 0. The summed E-state index contributed by atoms with van der Waals surface area (Å²) in [6, 6.07) is 0. The number of carboxylic acid groups (broad SMARTS) is 2. The maximum absolute atomic E-state index is 9.26. The van der Waals surface area contributed by atoms with Crippen molar-refractivity contribution >= 4 is 39.2 Å². The van der Waals surface area contributed by atoms with Gasteiger partial charge in [0.2, 0.25) is 0 Å². The molecule has 0 heterocycles. The minimum atomic E-state index is -0.995. The molecule has 0 aliphatic heterocycles. The van der Waals surface area contributed by atoms with Crippen molar-refractivity contribution in [3.05, 3.63) is 0 Å². The van der Waals surface area contributed by atoms with E-state index in [0.717, 1.165) is 0 Å². The molecule has 0 atom stereocenters. The molecule has 0 aromatic rings. The number of hydrogen-bond donors (Lipinski definition) is 0. The van der Waals surface area contributed by atoms with Crippen LogP contribution in [0.3, 0.4) is 0 Å². The summed E-state index contributed by atoms with van der Waals surface area (Å²) in [6.45, 7) is 3.07. The summed E-state index contributed by atoms with van der Waals surface area (Å²) in [4.78, 5) is 18.5. The monoisotopic (exact) mass is 356 g/mol. The summed E-state index contributed by atoms with van der Waals surface area (Å²) in [5.74, 6) is -1.99. The number of aliphatic carboxylic acids is 2. The molecule has 0 aliphatic rings. The SMILES string of the molecule is CCC(=O)[O-].CCC(=O)[O-].[PbH2+2]. The molecule has 0 aliphatic carbocycles. The van der Waals surface area contributed by atoms with Gasteiger partial charge in [0.1, 0.15) is 0 Å². The molecular weight excluding hydrogens is 343 g/mol. The van der Waals surface area contributed by atoms with E-state index in [2.05, 4.69) is 0 Å². The van der Waals surface area contributed by atoms with Crippen LogP contribution in [0.25, 0.3) is 0 Å². The standard InChI is InChI=1S/2C3H6O2.Pb.2H/c2*1-2-3(4)5;;;/h2*2H2,1H3,(H,4,5);;;/q;;+2;;/p-2. The van der Waals surface area contributed by atoms with Crippen LogP contribution < -0.4 is 10.2 Å². The minimum absolute atomic E-state index is 0. The molecule has 0 N–H and O–H groups in total. The number of carbonyl (C=O) groups is 2. The molecule has 0 radical (unpaired) electrons. The third kappa shape index (κ3) is 40.9. The van der Waals surface area contributed by atoms with Gasteiger partial charge in [0, 0.05) is 11.9 Å². The van der Waals surface area contributed by atoms with Crippen molar-refractivity contribution in [2.24, 2.45) is 0 Å². The second-order valence-corrected chi connectivity index (χ2v) is 1.45. The molecule has 0 saturated carbocycles. The molecule has 0 unspecified atom stereocenters. The quantitative estimate of drug-likeness (QED) is 0.508. The number of hydrogen-bond acceptors (Lipinski definition) is 4. The van der Waals surface area contributed by atoms with Gasteiger partial charge >= 0.3 is 27.3 Å². The number of rotatable bonds is 2. The predicted molar refractivity (Wildman–Crippen MR) is 39.1 cm³/mol. The van der Waals surface area contributed by atoms with E-state index in [1.54, 1.807) is 0 Å². The van der Waals surface area contributed by atoms with Crippen LogP contribution in [0, 0.1) is 0 Å². The van der Waals surface area contributed by atoms with Gasteiger partial charge in [-0.2, -0.15) is 0 Å². The van der Waals surface area contributed by atoms with Crippen molar-refractivity contribution < 1.29 is 19.8 Å². The van der Waals surface area contributed by atoms with Crippen LogP contribution in [-0.2, 0) is 9.59 Å². The molecule has 5 heteroatoms. The average molecular weight is 355 g/mol. The summed E-state index contributed by atoms with van der Waals surface area (Å²) in [6.07, 6.45) is 0.222. The molecule has 0 saturated heterocycles. The van der Waals surface area contributed by atoms with Crippen molar-refractivity contribution in [3.63, 3.8) is 0 Å². The Balaban J connectivity index is -0.000000107. The van der Waals surface area contributed by atoms with E-state index in [9.17, 15) is 19.8 Å². The topological polar surface area (TPSA) is 80.3 Å². The Morgan fingerprint density at radius 3 is 1.09 bits per heavy atom. The first kappa shape index (κ1) is 17.1. The van der Waals surface area contributed by atoms with Gasteiger partial charge in [0.25, 0.3) is 0 Å². The molecular formula is C6H12O4Pb. The Labute approximate surface area is 85.8 Å². The Hall–Kier alpha value is -0.138. The van der Waals surface area contributed by atoms with E-state index in [1.165, 1.54) is 13.8 Å². The zero-order valence-electron chi connectivity index (χ0n) is 6.75. The molecule has 0 rings (SSSR count). The molecule has 0 spiro atoms. The van der Waals surface area contributed by atoms with E-state index in [0.29, 0.717) is 0 Å². The van der Waals surface area contributed by atoms with Crippen molar-refractivity contribution in [1.82, 2.24) is 0 Å². The molecule has 0 amide bonds. The van der Waals surface area contributed by atoms with Crippen molar-refractivity contribution in [2.45, 2.75) is 26.7 Å². The van der Waals surface area contributed by atoms with Gasteiger partial charge in [0.05, 0.1) is 0 Å². The molecule has 64 valence electrons. The van der Waals surface area contributed by atoms with Crippen LogP contribution in [-0.4, -0.2) is 39.2 Å². The first-order valence-corrected chi connectivity index (χ1v) is 2.94. The molecule has 11 heavy (non-hydrogen) atoms. The summed E-state index contributed by atoms with van der Waals surface area (Å²) in [5, 5.41) is 18.5. The number of carboxylic acids is 2. The van der Waals surface area contributed by atoms with E-state index < -0.39 is 11.9 Å². The Morgan fingerprint density at radius 2 is 1.09 bits per heavy atom. The molecule has 4 nitrogen and oxygen atoms in total. The third-order valence-electron chi connectivity index (χ3n) is 0.577. The van der Waals surface area contributed by atoms with Gasteiger partial charge in [-0.05, 0) is 12.8 Å². The Morgan fingerprint density at radius 1 is 1.00 bits per heavy atom. The Bertz CT molecular complexity index is 99.1. The van der Waals surface area contributed by atoms with Gasteiger partial charge in [0.15, 0.2) is 0 Å². The summed E-state index contributed by atoms with van der Waals surface area (Å²) < 4.78 is 0. The summed E-state index contributed by atoms with van der Waals surface area (Å²) in [7, 11) is 0. The van der Waals surface area contributed by atoms with E-state index >= 15 is 0 Å². The van der Waals surface area contributed by atoms with Crippen molar-refractivity contribution in [1.29, 1.82) is 0 Å². The van der Waals surface area contributed by atoms with Crippen LogP contribution in [0.4, 0.5) is 0 Å². The van der Waals surface area contributed by atoms with Crippen LogP contribution in [0.15, 0.2) is 0 Å². The van der Waals surface area contributed by atoms with E-state index in [-0.39, 0.29) is 40.1 Å². The van der Waals surface area contributed by atoms with Gasteiger partial charge in [-0.3, -0.25) is 0 Å². The van der Waals surface area contributed by atoms with Crippen LogP contribution in [0.5, 0.6) is 0 Å². The van der Waals surface area contributed by atoms with Gasteiger partial charge in [-0.1, -0.05) is 13.8 Å². The van der Waals surface area contributed by atoms with Crippen molar-refractivity contribution in [3.8, 4) is 0 Å². The van der Waals surface area contributed by atoms with Crippen LogP contribution >= 0.6 is 0 Å². The molecule has 0 bridgehead atoms. The van der Waals surface area contributed by atoms with Gasteiger partial charge < -0.3 is 19.8 Å².